The molecule has 1 aliphatic heterocycles. The summed E-state index contributed by atoms with van der Waals surface area (Å²) in [5.74, 6) is 0.345. The maximum Gasteiger partial charge on any atom is 0.308 e. The van der Waals surface area contributed by atoms with E-state index in [-0.39, 0.29) is 36.0 Å². The zero-order valence-electron chi connectivity index (χ0n) is 17.3. The van der Waals surface area contributed by atoms with Crippen molar-refractivity contribution in [2.75, 3.05) is 0 Å². The number of allylic oxidation sites excluding steroid dienone is 2. The molecule has 1 saturated heterocycles. The molecule has 2 aliphatic carbocycles. The molecular weight excluding hydrogens is 356 g/mol. The van der Waals surface area contributed by atoms with Gasteiger partial charge in [0.25, 0.3) is 0 Å². The molecule has 0 aromatic rings. The second kappa shape index (κ2) is 9.25. The summed E-state index contributed by atoms with van der Waals surface area (Å²) in [6, 6.07) is 0. The van der Waals surface area contributed by atoms with E-state index in [1.165, 1.54) is 0 Å². The van der Waals surface area contributed by atoms with Gasteiger partial charge in [-0.15, -0.1) is 0 Å². The monoisotopic (exact) mass is 390 g/mol. The maximum atomic E-state index is 12.5. The highest BCUT2D eigenvalue weighted by Crippen LogP contribution is 2.44. The number of rotatable bonds is 6. The lowest BCUT2D eigenvalue weighted by Crippen LogP contribution is -2.43. The molecule has 1 N–H and O–H groups in total. The van der Waals surface area contributed by atoms with Gasteiger partial charge in [0.1, 0.15) is 12.2 Å². The van der Waals surface area contributed by atoms with E-state index >= 15 is 0 Å². The molecule has 0 aromatic carbocycles. The standard InChI is InChI=1S/C23H34O5/c1-4-14(2)23(26)28-20-13-17(24)12-16-9-8-15(3)19(22(16)20)11-10-18-6-5-7-21(25)27-18/h8-9,12,14-15,17-20,22,24H,4-7,10-11,13H2,1-3H3/t14-,15-,17+,18-,19-,20?,22?/m0/s1. The van der Waals surface area contributed by atoms with Crippen molar-refractivity contribution in [1.29, 1.82) is 0 Å². The van der Waals surface area contributed by atoms with Gasteiger partial charge in [-0.05, 0) is 49.5 Å². The Labute approximate surface area is 168 Å². The predicted octanol–water partition coefficient (Wildman–Crippen LogP) is 3.95. The third-order valence-electron chi connectivity index (χ3n) is 6.68. The van der Waals surface area contributed by atoms with Crippen LogP contribution in [0.4, 0.5) is 0 Å². The number of ether oxygens (including phenoxy) is 2. The lowest BCUT2D eigenvalue weighted by Gasteiger charge is -2.43. The molecule has 0 saturated carbocycles. The van der Waals surface area contributed by atoms with Crippen molar-refractivity contribution in [2.45, 2.75) is 84.0 Å². The molecule has 28 heavy (non-hydrogen) atoms. The Morgan fingerprint density at radius 2 is 2.18 bits per heavy atom. The van der Waals surface area contributed by atoms with Crippen molar-refractivity contribution in [3.05, 3.63) is 23.8 Å². The summed E-state index contributed by atoms with van der Waals surface area (Å²) < 4.78 is 11.4. The van der Waals surface area contributed by atoms with Gasteiger partial charge in [-0.25, -0.2) is 0 Å². The highest BCUT2D eigenvalue weighted by Gasteiger charge is 2.42. The fourth-order valence-corrected chi connectivity index (χ4v) is 4.78. The van der Waals surface area contributed by atoms with Gasteiger partial charge in [-0.3, -0.25) is 9.59 Å². The van der Waals surface area contributed by atoms with Crippen LogP contribution in [0.2, 0.25) is 0 Å². The summed E-state index contributed by atoms with van der Waals surface area (Å²) in [6.07, 6.45) is 10.6. The zero-order valence-corrected chi connectivity index (χ0v) is 17.3. The molecule has 3 aliphatic rings. The normalized spacial score (nSPS) is 36.1. The van der Waals surface area contributed by atoms with E-state index in [9.17, 15) is 14.7 Å². The molecule has 1 fully saturated rings. The first kappa shape index (κ1) is 21.1. The van der Waals surface area contributed by atoms with Gasteiger partial charge >= 0.3 is 11.9 Å². The number of aliphatic hydroxyl groups excluding tert-OH is 1. The SMILES string of the molecule is CC[C@H](C)C(=O)OC1C[C@H](O)C=C2C=C[C@H](C)[C@H](CC[C@@H]3CCCC(=O)O3)C21. The summed E-state index contributed by atoms with van der Waals surface area (Å²) in [5, 5.41) is 10.3. The number of hydrogen-bond donors (Lipinski definition) is 1. The summed E-state index contributed by atoms with van der Waals surface area (Å²) in [4.78, 5) is 24.0. The van der Waals surface area contributed by atoms with Crippen LogP contribution >= 0.6 is 0 Å². The molecule has 7 atom stereocenters. The van der Waals surface area contributed by atoms with Crippen LogP contribution in [0.1, 0.15) is 65.7 Å². The van der Waals surface area contributed by atoms with Crippen molar-refractivity contribution < 1.29 is 24.2 Å². The molecule has 5 nitrogen and oxygen atoms in total. The fraction of sp³-hybridized carbons (Fsp3) is 0.739. The zero-order chi connectivity index (χ0) is 20.3. The van der Waals surface area contributed by atoms with E-state index in [1.54, 1.807) is 0 Å². The summed E-state index contributed by atoms with van der Waals surface area (Å²) >= 11 is 0. The number of carbonyl (C=O) groups is 2. The van der Waals surface area contributed by atoms with Gasteiger partial charge in [0.15, 0.2) is 0 Å². The van der Waals surface area contributed by atoms with Gasteiger partial charge in [0, 0.05) is 18.8 Å². The Morgan fingerprint density at radius 3 is 2.89 bits per heavy atom. The highest BCUT2D eigenvalue weighted by atomic mass is 16.5. The molecule has 1 heterocycles. The molecule has 0 radical (unpaired) electrons. The summed E-state index contributed by atoms with van der Waals surface area (Å²) in [7, 11) is 0. The topological polar surface area (TPSA) is 72.8 Å². The Kier molecular flexibility index (Phi) is 6.97. The van der Waals surface area contributed by atoms with Crippen LogP contribution in [0.3, 0.4) is 0 Å². The lowest BCUT2D eigenvalue weighted by molar-refractivity contribution is -0.160. The van der Waals surface area contributed by atoms with Gasteiger partial charge in [0.05, 0.1) is 12.0 Å². The quantitative estimate of drug-likeness (QED) is 0.695. The molecule has 0 bridgehead atoms. The largest absolute Gasteiger partial charge is 0.462 e. The van der Waals surface area contributed by atoms with E-state index in [1.807, 2.05) is 19.9 Å². The summed E-state index contributed by atoms with van der Waals surface area (Å²) in [6.45, 7) is 6.06. The minimum absolute atomic E-state index is 0.00193. The molecule has 5 heteroatoms. The Bertz CT molecular complexity index is 637. The van der Waals surface area contributed by atoms with Gasteiger partial charge < -0.3 is 14.6 Å². The minimum Gasteiger partial charge on any atom is -0.462 e. The smallest absolute Gasteiger partial charge is 0.308 e. The highest BCUT2D eigenvalue weighted by molar-refractivity contribution is 5.72. The van der Waals surface area contributed by atoms with Crippen molar-refractivity contribution in [2.24, 2.45) is 23.7 Å². The number of hydrogen-bond acceptors (Lipinski definition) is 5. The average Bonchev–Trinajstić information content (AvgIpc) is 2.66. The Balaban J connectivity index is 1.74. The van der Waals surface area contributed by atoms with Crippen LogP contribution in [0, 0.1) is 23.7 Å². The average molecular weight is 391 g/mol. The van der Waals surface area contributed by atoms with Gasteiger partial charge in [0.2, 0.25) is 0 Å². The Morgan fingerprint density at radius 1 is 1.39 bits per heavy atom. The second-order valence-corrected chi connectivity index (χ2v) is 8.74. The number of aliphatic hydroxyl groups is 1. The molecule has 0 spiro atoms. The van der Waals surface area contributed by atoms with Gasteiger partial charge in [-0.2, -0.15) is 0 Å². The van der Waals surface area contributed by atoms with E-state index in [4.69, 9.17) is 9.47 Å². The molecule has 0 aromatic heterocycles. The van der Waals surface area contributed by atoms with E-state index in [0.717, 1.165) is 37.7 Å². The number of cyclic esters (lactones) is 1. The second-order valence-electron chi connectivity index (χ2n) is 8.74. The Hall–Kier alpha value is -1.62. The molecular formula is C23H34O5. The van der Waals surface area contributed by atoms with Crippen LogP contribution in [-0.4, -0.2) is 35.4 Å². The fourth-order valence-electron chi connectivity index (χ4n) is 4.78. The van der Waals surface area contributed by atoms with Crippen LogP contribution in [-0.2, 0) is 19.1 Å². The van der Waals surface area contributed by atoms with Crippen LogP contribution in [0.15, 0.2) is 23.8 Å². The first-order chi connectivity index (χ1) is 13.4. The summed E-state index contributed by atoms with van der Waals surface area (Å²) in [5.41, 5.74) is 1.07. The van der Waals surface area contributed by atoms with Gasteiger partial charge in [-0.1, -0.05) is 39.0 Å². The molecule has 3 rings (SSSR count). The first-order valence-corrected chi connectivity index (χ1v) is 10.9. The van der Waals surface area contributed by atoms with Crippen molar-refractivity contribution in [3.63, 3.8) is 0 Å². The van der Waals surface area contributed by atoms with Crippen molar-refractivity contribution >= 4 is 11.9 Å². The first-order valence-electron chi connectivity index (χ1n) is 10.9. The molecule has 2 unspecified atom stereocenters. The van der Waals surface area contributed by atoms with Crippen molar-refractivity contribution in [1.82, 2.24) is 0 Å². The molecule has 156 valence electrons. The van der Waals surface area contributed by atoms with E-state index in [0.29, 0.717) is 24.7 Å². The third-order valence-corrected chi connectivity index (χ3v) is 6.68. The molecule has 0 amide bonds. The van der Waals surface area contributed by atoms with E-state index < -0.39 is 6.10 Å². The van der Waals surface area contributed by atoms with Crippen LogP contribution in [0.5, 0.6) is 0 Å². The number of fused-ring (bicyclic) bond motifs is 1. The van der Waals surface area contributed by atoms with Crippen molar-refractivity contribution in [3.8, 4) is 0 Å². The van der Waals surface area contributed by atoms with Crippen LogP contribution in [0.25, 0.3) is 0 Å². The third kappa shape index (κ3) is 4.86. The number of esters is 2. The number of carbonyl (C=O) groups excluding carboxylic acids is 2. The van der Waals surface area contributed by atoms with Crippen LogP contribution < -0.4 is 0 Å². The maximum absolute atomic E-state index is 12.5. The van der Waals surface area contributed by atoms with E-state index in [2.05, 4.69) is 19.1 Å². The predicted molar refractivity (Wildman–Crippen MR) is 106 cm³/mol. The minimum atomic E-state index is -0.584. The lowest BCUT2D eigenvalue weighted by atomic mass is 9.66.